The first-order valence-corrected chi connectivity index (χ1v) is 3.31. The van der Waals surface area contributed by atoms with E-state index in [1.165, 1.54) is 12.1 Å². The van der Waals surface area contributed by atoms with Crippen molar-refractivity contribution in [3.63, 3.8) is 0 Å². The lowest BCUT2D eigenvalue weighted by atomic mass is 10.1. The van der Waals surface area contributed by atoms with Crippen molar-refractivity contribution in [1.29, 1.82) is 0 Å². The molecule has 1 aromatic rings. The number of rotatable bonds is 2. The van der Waals surface area contributed by atoms with Gasteiger partial charge in [0.1, 0.15) is 12.5 Å². The highest BCUT2D eigenvalue weighted by atomic mass is 35.5. The number of hydrogen-bond acceptors (Lipinski definition) is 1. The molecule has 0 amide bonds. The third kappa shape index (κ3) is 2.43. The van der Waals surface area contributed by atoms with Gasteiger partial charge in [0.25, 0.3) is 0 Å². The predicted molar refractivity (Wildman–Crippen MR) is 46.6 cm³/mol. The SMILES string of the molecule is Cl.NC(CF)c1ccccc1F. The summed E-state index contributed by atoms with van der Waals surface area (Å²) in [6.07, 6.45) is 0. The molecule has 0 heterocycles. The maximum Gasteiger partial charge on any atom is 0.128 e. The highest BCUT2D eigenvalue weighted by Crippen LogP contribution is 2.14. The van der Waals surface area contributed by atoms with Crippen LogP contribution in [0.2, 0.25) is 0 Å². The molecule has 1 aromatic carbocycles. The molecule has 2 N–H and O–H groups in total. The average Bonchev–Trinajstić information content (AvgIpc) is 2.04. The molecule has 4 heteroatoms. The number of hydrogen-bond donors (Lipinski definition) is 1. The van der Waals surface area contributed by atoms with Crippen molar-refractivity contribution in [3.05, 3.63) is 35.6 Å². The highest BCUT2D eigenvalue weighted by Gasteiger charge is 2.08. The first kappa shape index (κ1) is 11.3. The first-order valence-electron chi connectivity index (χ1n) is 3.31. The van der Waals surface area contributed by atoms with Crippen LogP contribution in [0.15, 0.2) is 24.3 Å². The molecular weight excluding hydrogens is 184 g/mol. The van der Waals surface area contributed by atoms with Crippen LogP contribution >= 0.6 is 12.4 Å². The molecule has 68 valence electrons. The molecule has 1 unspecified atom stereocenters. The van der Waals surface area contributed by atoms with Gasteiger partial charge in [-0.05, 0) is 6.07 Å². The van der Waals surface area contributed by atoms with Crippen molar-refractivity contribution in [2.75, 3.05) is 6.67 Å². The summed E-state index contributed by atoms with van der Waals surface area (Å²) in [5.41, 5.74) is 5.51. The summed E-state index contributed by atoms with van der Waals surface area (Å²) in [6.45, 7) is -0.735. The van der Waals surface area contributed by atoms with Crippen LogP contribution in [-0.2, 0) is 0 Å². The van der Waals surface area contributed by atoms with Gasteiger partial charge >= 0.3 is 0 Å². The van der Waals surface area contributed by atoms with Crippen molar-refractivity contribution in [3.8, 4) is 0 Å². The molecule has 1 rings (SSSR count). The second-order valence-corrected chi connectivity index (χ2v) is 2.28. The fraction of sp³-hybridized carbons (Fsp3) is 0.250. The molecule has 0 aliphatic carbocycles. The molecule has 1 atom stereocenters. The fourth-order valence-electron chi connectivity index (χ4n) is 0.859. The van der Waals surface area contributed by atoms with Gasteiger partial charge in [-0.1, -0.05) is 18.2 Å². The lowest BCUT2D eigenvalue weighted by Gasteiger charge is -2.06. The zero-order chi connectivity index (χ0) is 8.27. The van der Waals surface area contributed by atoms with E-state index in [2.05, 4.69) is 0 Å². The molecule has 0 aliphatic rings. The van der Waals surface area contributed by atoms with Gasteiger partial charge in [-0.25, -0.2) is 8.78 Å². The molecular formula is C8H10ClF2N. The molecule has 12 heavy (non-hydrogen) atoms. The molecule has 0 bridgehead atoms. The summed E-state index contributed by atoms with van der Waals surface area (Å²) in [5, 5.41) is 0. The number of benzene rings is 1. The number of halogens is 3. The smallest absolute Gasteiger partial charge is 0.128 e. The topological polar surface area (TPSA) is 26.0 Å². The van der Waals surface area contributed by atoms with Crippen molar-refractivity contribution >= 4 is 12.4 Å². The summed E-state index contributed by atoms with van der Waals surface area (Å²) < 4.78 is 24.7. The molecule has 0 aromatic heterocycles. The van der Waals surface area contributed by atoms with E-state index in [0.29, 0.717) is 0 Å². The summed E-state index contributed by atoms with van der Waals surface area (Å²) in [4.78, 5) is 0. The maximum atomic E-state index is 12.8. The van der Waals surface area contributed by atoms with Gasteiger partial charge in [-0.3, -0.25) is 0 Å². The van der Waals surface area contributed by atoms with E-state index < -0.39 is 18.5 Å². The van der Waals surface area contributed by atoms with Crippen LogP contribution in [0.1, 0.15) is 11.6 Å². The molecule has 1 nitrogen and oxygen atoms in total. The van der Waals surface area contributed by atoms with Crippen LogP contribution in [0.25, 0.3) is 0 Å². The molecule has 0 spiro atoms. The van der Waals surface area contributed by atoms with Crippen molar-refractivity contribution < 1.29 is 8.78 Å². The largest absolute Gasteiger partial charge is 0.322 e. The van der Waals surface area contributed by atoms with Crippen LogP contribution < -0.4 is 5.73 Å². The minimum Gasteiger partial charge on any atom is -0.322 e. The Morgan fingerprint density at radius 1 is 1.33 bits per heavy atom. The summed E-state index contributed by atoms with van der Waals surface area (Å²) >= 11 is 0. The first-order chi connectivity index (χ1) is 5.25. The lowest BCUT2D eigenvalue weighted by molar-refractivity contribution is 0.427. The van der Waals surface area contributed by atoms with E-state index in [-0.39, 0.29) is 18.0 Å². The normalized spacial score (nSPS) is 11.9. The minimum atomic E-state index is -0.837. The maximum absolute atomic E-state index is 12.8. The predicted octanol–water partition coefficient (Wildman–Crippen LogP) is 2.22. The van der Waals surface area contributed by atoms with Crippen molar-refractivity contribution in [2.24, 2.45) is 5.73 Å². The van der Waals surface area contributed by atoms with E-state index in [4.69, 9.17) is 5.73 Å². The van der Waals surface area contributed by atoms with Crippen LogP contribution in [-0.4, -0.2) is 6.67 Å². The summed E-state index contributed by atoms with van der Waals surface area (Å²) in [7, 11) is 0. The van der Waals surface area contributed by atoms with E-state index in [0.717, 1.165) is 0 Å². The summed E-state index contributed by atoms with van der Waals surface area (Å²) in [6, 6.07) is 5.10. The lowest BCUT2D eigenvalue weighted by Crippen LogP contribution is -2.13. The van der Waals surface area contributed by atoms with Gasteiger partial charge in [0.2, 0.25) is 0 Å². The molecule has 0 fully saturated rings. The molecule has 0 radical (unpaired) electrons. The second kappa shape index (κ2) is 5.06. The Labute approximate surface area is 76.0 Å². The van der Waals surface area contributed by atoms with Gasteiger partial charge in [0.05, 0.1) is 6.04 Å². The fourth-order valence-corrected chi connectivity index (χ4v) is 0.859. The average molecular weight is 194 g/mol. The number of alkyl halides is 1. The van der Waals surface area contributed by atoms with E-state index in [1.807, 2.05) is 0 Å². The van der Waals surface area contributed by atoms with Crippen molar-refractivity contribution in [2.45, 2.75) is 6.04 Å². The quantitative estimate of drug-likeness (QED) is 0.766. The zero-order valence-electron chi connectivity index (χ0n) is 6.34. The van der Waals surface area contributed by atoms with Crippen LogP contribution in [0.3, 0.4) is 0 Å². The van der Waals surface area contributed by atoms with E-state index in [1.54, 1.807) is 12.1 Å². The Morgan fingerprint density at radius 2 is 1.92 bits per heavy atom. The van der Waals surface area contributed by atoms with Crippen LogP contribution in [0.5, 0.6) is 0 Å². The minimum absolute atomic E-state index is 0. The van der Waals surface area contributed by atoms with Crippen LogP contribution in [0.4, 0.5) is 8.78 Å². The molecule has 0 aliphatic heterocycles. The molecule has 0 saturated heterocycles. The Morgan fingerprint density at radius 3 is 2.42 bits per heavy atom. The van der Waals surface area contributed by atoms with Gasteiger partial charge in [-0.2, -0.15) is 0 Å². The third-order valence-corrected chi connectivity index (χ3v) is 1.47. The van der Waals surface area contributed by atoms with Gasteiger partial charge in [0.15, 0.2) is 0 Å². The van der Waals surface area contributed by atoms with Crippen LogP contribution in [0, 0.1) is 5.82 Å². The van der Waals surface area contributed by atoms with Gasteiger partial charge in [0, 0.05) is 5.56 Å². The Bertz CT molecular complexity index is 242. The van der Waals surface area contributed by atoms with E-state index >= 15 is 0 Å². The number of nitrogens with two attached hydrogens (primary N) is 1. The van der Waals surface area contributed by atoms with Crippen molar-refractivity contribution in [1.82, 2.24) is 0 Å². The second-order valence-electron chi connectivity index (χ2n) is 2.28. The monoisotopic (exact) mass is 193 g/mol. The molecule has 0 saturated carbocycles. The Kier molecular flexibility index (Phi) is 4.78. The Hall–Kier alpha value is -0.670. The summed E-state index contributed by atoms with van der Waals surface area (Å²) in [5.74, 6) is -0.447. The Balaban J connectivity index is 0.00000121. The van der Waals surface area contributed by atoms with Gasteiger partial charge < -0.3 is 5.73 Å². The standard InChI is InChI=1S/C8H9F2N.ClH/c9-5-8(11)6-3-1-2-4-7(6)10;/h1-4,8H,5,11H2;1H. The third-order valence-electron chi connectivity index (χ3n) is 1.47. The zero-order valence-corrected chi connectivity index (χ0v) is 7.15. The highest BCUT2D eigenvalue weighted by molar-refractivity contribution is 5.85. The van der Waals surface area contributed by atoms with E-state index in [9.17, 15) is 8.78 Å². The van der Waals surface area contributed by atoms with Gasteiger partial charge in [-0.15, -0.1) is 12.4 Å².